The van der Waals surface area contributed by atoms with Gasteiger partial charge in [0.2, 0.25) is 0 Å². The van der Waals surface area contributed by atoms with Crippen LogP contribution in [0.15, 0.2) is 72.0 Å². The largest absolute Gasteiger partial charge is 0.453 e. The Kier molecular flexibility index (Phi) is 10.7. The Labute approximate surface area is 216 Å². The number of carbonyl (C=O) groups excluding carboxylic acids is 1. The van der Waals surface area contributed by atoms with Crippen molar-refractivity contribution < 1.29 is 13.9 Å². The molecule has 0 aliphatic heterocycles. The fourth-order valence-electron chi connectivity index (χ4n) is 3.12. The van der Waals surface area contributed by atoms with E-state index in [9.17, 15) is 9.18 Å². The van der Waals surface area contributed by atoms with E-state index >= 15 is 0 Å². The van der Waals surface area contributed by atoms with Crippen LogP contribution in [-0.4, -0.2) is 49.4 Å². The lowest BCUT2D eigenvalue weighted by Crippen LogP contribution is -2.37. The highest BCUT2D eigenvalue weighted by molar-refractivity contribution is 14.0. The molecule has 0 bridgehead atoms. The molecule has 0 saturated carbocycles. The number of aromatic nitrogens is 1. The maximum Gasteiger partial charge on any atom is 0.253 e. The highest BCUT2D eigenvalue weighted by Crippen LogP contribution is 2.24. The van der Waals surface area contributed by atoms with E-state index in [4.69, 9.17) is 4.74 Å². The summed E-state index contributed by atoms with van der Waals surface area (Å²) in [6.07, 6.45) is 3.88. The van der Waals surface area contributed by atoms with Gasteiger partial charge in [0.05, 0.1) is 6.20 Å². The molecule has 3 rings (SSSR count). The molecule has 0 spiro atoms. The highest BCUT2D eigenvalue weighted by Gasteiger charge is 2.09. The summed E-state index contributed by atoms with van der Waals surface area (Å²) in [7, 11) is 5.15. The number of guanidine groups is 1. The van der Waals surface area contributed by atoms with E-state index in [0.29, 0.717) is 30.4 Å². The van der Waals surface area contributed by atoms with E-state index in [1.807, 2.05) is 24.3 Å². The predicted molar refractivity (Wildman–Crippen MR) is 142 cm³/mol. The molecule has 7 nitrogen and oxygen atoms in total. The molecule has 0 radical (unpaired) electrons. The molecular formula is C25H29FIN5O2. The van der Waals surface area contributed by atoms with E-state index in [0.717, 1.165) is 17.5 Å². The molecule has 1 aromatic heterocycles. The summed E-state index contributed by atoms with van der Waals surface area (Å²) in [5.41, 5.74) is 2.47. The number of carbonyl (C=O) groups is 1. The third-order valence-electron chi connectivity index (χ3n) is 4.83. The van der Waals surface area contributed by atoms with E-state index in [1.165, 1.54) is 12.3 Å². The Hall–Kier alpha value is -3.21. The van der Waals surface area contributed by atoms with Gasteiger partial charge in [-0.1, -0.05) is 18.2 Å². The van der Waals surface area contributed by atoms with Gasteiger partial charge in [-0.15, -0.1) is 24.0 Å². The number of nitrogens with zero attached hydrogens (tertiary/aromatic N) is 3. The number of nitrogens with one attached hydrogen (secondary N) is 2. The van der Waals surface area contributed by atoms with Crippen LogP contribution >= 0.6 is 24.0 Å². The van der Waals surface area contributed by atoms with Crippen molar-refractivity contribution in [3.63, 3.8) is 0 Å². The molecular weight excluding hydrogens is 548 g/mol. The van der Waals surface area contributed by atoms with Crippen molar-refractivity contribution in [2.45, 2.75) is 13.0 Å². The maximum atomic E-state index is 14.4. The molecule has 0 fully saturated rings. The lowest BCUT2D eigenvalue weighted by Gasteiger charge is -2.14. The molecule has 0 atom stereocenters. The normalized spacial score (nSPS) is 10.8. The number of pyridine rings is 1. The van der Waals surface area contributed by atoms with Crippen molar-refractivity contribution in [3.05, 3.63) is 89.5 Å². The van der Waals surface area contributed by atoms with Gasteiger partial charge >= 0.3 is 0 Å². The molecule has 9 heteroatoms. The fourth-order valence-corrected chi connectivity index (χ4v) is 3.12. The molecule has 0 unspecified atom stereocenters. The summed E-state index contributed by atoms with van der Waals surface area (Å²) in [6.45, 7) is 1.03. The third kappa shape index (κ3) is 7.98. The van der Waals surface area contributed by atoms with E-state index in [-0.39, 0.29) is 35.6 Å². The zero-order valence-electron chi connectivity index (χ0n) is 19.4. The van der Waals surface area contributed by atoms with Crippen molar-refractivity contribution in [1.82, 2.24) is 20.5 Å². The Morgan fingerprint density at radius 2 is 1.91 bits per heavy atom. The van der Waals surface area contributed by atoms with Gasteiger partial charge in [0.25, 0.3) is 5.91 Å². The molecule has 34 heavy (non-hydrogen) atoms. The van der Waals surface area contributed by atoms with Crippen LogP contribution in [0.4, 0.5) is 4.39 Å². The zero-order valence-corrected chi connectivity index (χ0v) is 21.7. The van der Waals surface area contributed by atoms with Crippen LogP contribution in [0, 0.1) is 5.82 Å². The Balaban J connectivity index is 0.00000408. The van der Waals surface area contributed by atoms with Crippen molar-refractivity contribution in [2.24, 2.45) is 4.99 Å². The van der Waals surface area contributed by atoms with Crippen molar-refractivity contribution in [2.75, 3.05) is 27.7 Å². The van der Waals surface area contributed by atoms with Crippen LogP contribution < -0.4 is 15.4 Å². The quantitative estimate of drug-likeness (QED) is 0.238. The van der Waals surface area contributed by atoms with Crippen molar-refractivity contribution >= 4 is 35.8 Å². The van der Waals surface area contributed by atoms with Gasteiger partial charge in [-0.3, -0.25) is 14.8 Å². The smallest absolute Gasteiger partial charge is 0.253 e. The van der Waals surface area contributed by atoms with Crippen LogP contribution in [0.25, 0.3) is 0 Å². The molecule has 1 heterocycles. The number of rotatable bonds is 8. The SMILES string of the molecule is CN=C(NCCc1cccc(C(=O)N(C)C)c1)NCc1ccc(Oc2cccnc2)c(F)c1.I. The zero-order chi connectivity index (χ0) is 23.6. The highest BCUT2D eigenvalue weighted by atomic mass is 127. The third-order valence-corrected chi connectivity index (χ3v) is 4.83. The molecule has 3 aromatic rings. The molecule has 0 aliphatic rings. The van der Waals surface area contributed by atoms with Gasteiger partial charge in [-0.05, 0) is 53.9 Å². The summed E-state index contributed by atoms with van der Waals surface area (Å²) in [4.78, 5) is 21.8. The van der Waals surface area contributed by atoms with Gasteiger partial charge in [0, 0.05) is 46.0 Å². The molecule has 180 valence electrons. The molecule has 0 saturated heterocycles. The second-order valence-electron chi connectivity index (χ2n) is 7.56. The average Bonchev–Trinajstić information content (AvgIpc) is 2.83. The second kappa shape index (κ2) is 13.5. The van der Waals surface area contributed by atoms with Crippen LogP contribution in [0.2, 0.25) is 0 Å². The predicted octanol–water partition coefficient (Wildman–Crippen LogP) is 4.24. The summed E-state index contributed by atoms with van der Waals surface area (Å²) in [6, 6.07) is 15.8. The van der Waals surface area contributed by atoms with E-state index in [2.05, 4.69) is 20.6 Å². The Morgan fingerprint density at radius 1 is 1.09 bits per heavy atom. The lowest BCUT2D eigenvalue weighted by atomic mass is 10.1. The van der Waals surface area contributed by atoms with E-state index < -0.39 is 5.82 Å². The second-order valence-corrected chi connectivity index (χ2v) is 7.56. The van der Waals surface area contributed by atoms with Crippen molar-refractivity contribution in [3.8, 4) is 11.5 Å². The van der Waals surface area contributed by atoms with Crippen LogP contribution in [0.5, 0.6) is 11.5 Å². The summed E-state index contributed by atoms with van der Waals surface area (Å²) in [5, 5.41) is 6.41. The van der Waals surface area contributed by atoms with Gasteiger partial charge in [-0.2, -0.15) is 0 Å². The molecule has 1 amide bonds. The minimum absolute atomic E-state index is 0. The molecule has 2 N–H and O–H groups in total. The Morgan fingerprint density at radius 3 is 2.59 bits per heavy atom. The van der Waals surface area contributed by atoms with Crippen LogP contribution in [0.3, 0.4) is 0 Å². The summed E-state index contributed by atoms with van der Waals surface area (Å²) >= 11 is 0. The number of aliphatic imine (C=N–C) groups is 1. The topological polar surface area (TPSA) is 78.9 Å². The van der Waals surface area contributed by atoms with Crippen LogP contribution in [-0.2, 0) is 13.0 Å². The monoisotopic (exact) mass is 577 g/mol. The van der Waals surface area contributed by atoms with Gasteiger partial charge in [0.15, 0.2) is 17.5 Å². The lowest BCUT2D eigenvalue weighted by molar-refractivity contribution is 0.0827. The average molecular weight is 577 g/mol. The number of hydrogen-bond donors (Lipinski definition) is 2. The number of ether oxygens (including phenoxy) is 1. The summed E-state index contributed by atoms with van der Waals surface area (Å²) in [5.74, 6) is 0.749. The first kappa shape index (κ1) is 27.0. The van der Waals surface area contributed by atoms with Gasteiger partial charge in [-0.25, -0.2) is 4.39 Å². The minimum atomic E-state index is -0.451. The number of amides is 1. The first-order valence-electron chi connectivity index (χ1n) is 10.6. The number of halogens is 2. The maximum absolute atomic E-state index is 14.4. The standard InChI is InChI=1S/C25H28FN5O2.HI/c1-27-25(29-13-11-18-6-4-7-20(14-18)24(32)31(2)3)30-16-19-9-10-23(22(26)15-19)33-21-8-5-12-28-17-21;/h4-10,12,14-15,17H,11,13,16H2,1-3H3,(H2,27,29,30);1H. The van der Waals surface area contributed by atoms with Gasteiger partial charge in [0.1, 0.15) is 5.75 Å². The first-order chi connectivity index (χ1) is 16.0. The summed E-state index contributed by atoms with van der Waals surface area (Å²) < 4.78 is 20.0. The number of hydrogen-bond acceptors (Lipinski definition) is 4. The van der Waals surface area contributed by atoms with Gasteiger partial charge < -0.3 is 20.3 Å². The van der Waals surface area contributed by atoms with E-state index in [1.54, 1.807) is 56.5 Å². The minimum Gasteiger partial charge on any atom is -0.453 e. The number of benzene rings is 2. The van der Waals surface area contributed by atoms with Crippen molar-refractivity contribution in [1.29, 1.82) is 0 Å². The van der Waals surface area contributed by atoms with Crippen LogP contribution in [0.1, 0.15) is 21.5 Å². The Bertz CT molecular complexity index is 1110. The fraction of sp³-hybridized carbons (Fsp3) is 0.240. The first-order valence-corrected chi connectivity index (χ1v) is 10.6. The molecule has 0 aliphatic carbocycles. The molecule has 2 aromatic carbocycles.